The molecule has 0 amide bonds. The summed E-state index contributed by atoms with van der Waals surface area (Å²) in [6, 6.07) is 6.66. The van der Waals surface area contributed by atoms with Crippen LogP contribution >= 0.6 is 0 Å². The van der Waals surface area contributed by atoms with E-state index in [0.29, 0.717) is 5.69 Å². The largest absolute Gasteiger partial charge is 0.508 e. The quantitative estimate of drug-likeness (QED) is 0.819. The lowest BCUT2D eigenvalue weighted by molar-refractivity contribution is 0.111. The van der Waals surface area contributed by atoms with Gasteiger partial charge in [-0.05, 0) is 37.1 Å². The minimum absolute atomic E-state index is 0.199. The van der Waals surface area contributed by atoms with Crippen molar-refractivity contribution < 1.29 is 9.90 Å². The average Bonchev–Trinajstić information content (AvgIpc) is 2.80. The first-order valence-electron chi connectivity index (χ1n) is 5.95. The Labute approximate surface area is 105 Å². The molecule has 0 bridgehead atoms. The fourth-order valence-corrected chi connectivity index (χ4v) is 1.78. The molecule has 0 atom stereocenters. The number of aromatic hydroxyl groups is 1. The van der Waals surface area contributed by atoms with E-state index in [9.17, 15) is 9.90 Å². The van der Waals surface area contributed by atoms with E-state index in [1.807, 2.05) is 0 Å². The zero-order valence-corrected chi connectivity index (χ0v) is 10.2. The number of phenolic OH excluding ortho intramolecular Hbond substituents is 1. The molecule has 1 heterocycles. The van der Waals surface area contributed by atoms with Crippen LogP contribution in [-0.4, -0.2) is 26.4 Å². The average molecular weight is 245 g/mol. The molecule has 2 rings (SSSR count). The van der Waals surface area contributed by atoms with Crippen LogP contribution in [0.2, 0.25) is 0 Å². The Hall–Kier alpha value is -2.17. The van der Waals surface area contributed by atoms with Gasteiger partial charge in [-0.25, -0.2) is 4.68 Å². The van der Waals surface area contributed by atoms with Crippen LogP contribution in [-0.2, 0) is 6.42 Å². The lowest BCUT2D eigenvalue weighted by atomic mass is 10.1. The molecule has 2 aromatic rings. The lowest BCUT2D eigenvalue weighted by Gasteiger charge is -2.06. The summed E-state index contributed by atoms with van der Waals surface area (Å²) in [7, 11) is 0. The highest BCUT2D eigenvalue weighted by Crippen LogP contribution is 2.17. The summed E-state index contributed by atoms with van der Waals surface area (Å²) in [6.07, 6.45) is 3.51. The van der Waals surface area contributed by atoms with Crippen LogP contribution in [0.15, 0.2) is 24.3 Å². The summed E-state index contributed by atoms with van der Waals surface area (Å²) in [6.45, 7) is 2.09. The minimum Gasteiger partial charge on any atom is -0.508 e. The highest BCUT2D eigenvalue weighted by Gasteiger charge is 2.12. The van der Waals surface area contributed by atoms with Gasteiger partial charge in [0, 0.05) is 0 Å². The zero-order valence-electron chi connectivity index (χ0n) is 10.2. The maximum Gasteiger partial charge on any atom is 0.172 e. The predicted octanol–water partition coefficient (Wildman–Crippen LogP) is 2.13. The molecule has 0 aliphatic rings. The maximum atomic E-state index is 10.9. The molecule has 0 fully saturated rings. The Morgan fingerprint density at radius 2 is 2.06 bits per heavy atom. The summed E-state index contributed by atoms with van der Waals surface area (Å²) in [5.74, 6) is 0.199. The van der Waals surface area contributed by atoms with E-state index in [2.05, 4.69) is 17.2 Å². The van der Waals surface area contributed by atoms with Crippen molar-refractivity contribution >= 4 is 6.29 Å². The molecule has 0 aliphatic heterocycles. The highest BCUT2D eigenvalue weighted by molar-refractivity contribution is 5.73. The van der Waals surface area contributed by atoms with Crippen molar-refractivity contribution in [1.82, 2.24) is 15.0 Å². The van der Waals surface area contributed by atoms with Crippen LogP contribution in [0.5, 0.6) is 5.75 Å². The Bertz CT molecular complexity index is 532. The van der Waals surface area contributed by atoms with E-state index in [1.165, 1.54) is 0 Å². The number of hydrogen-bond acceptors (Lipinski definition) is 4. The predicted molar refractivity (Wildman–Crippen MR) is 67.0 cm³/mol. The molecule has 5 nitrogen and oxygen atoms in total. The van der Waals surface area contributed by atoms with Gasteiger partial charge < -0.3 is 5.11 Å². The third-order valence-electron chi connectivity index (χ3n) is 2.77. The first-order chi connectivity index (χ1) is 8.76. The third kappa shape index (κ3) is 2.40. The molecule has 94 valence electrons. The fourth-order valence-electron chi connectivity index (χ4n) is 1.78. The van der Waals surface area contributed by atoms with Gasteiger partial charge in [0.25, 0.3) is 0 Å². The molecule has 1 aromatic carbocycles. The van der Waals surface area contributed by atoms with Gasteiger partial charge >= 0.3 is 0 Å². The third-order valence-corrected chi connectivity index (χ3v) is 2.77. The van der Waals surface area contributed by atoms with Gasteiger partial charge in [-0.1, -0.05) is 18.6 Å². The summed E-state index contributed by atoms with van der Waals surface area (Å²) < 4.78 is 1.65. The second-order valence-electron chi connectivity index (χ2n) is 4.07. The summed E-state index contributed by atoms with van der Waals surface area (Å²) in [5, 5.41) is 17.1. The molecular formula is C13H15N3O2. The van der Waals surface area contributed by atoms with Crippen LogP contribution in [0.1, 0.15) is 35.9 Å². The highest BCUT2D eigenvalue weighted by atomic mass is 16.3. The van der Waals surface area contributed by atoms with Gasteiger partial charge in [0.2, 0.25) is 0 Å². The second kappa shape index (κ2) is 5.44. The van der Waals surface area contributed by atoms with Crippen LogP contribution < -0.4 is 0 Å². The number of aromatic nitrogens is 3. The molecular weight excluding hydrogens is 230 g/mol. The summed E-state index contributed by atoms with van der Waals surface area (Å²) >= 11 is 0. The minimum atomic E-state index is 0.199. The van der Waals surface area contributed by atoms with E-state index in [4.69, 9.17) is 0 Å². The molecule has 0 spiro atoms. The van der Waals surface area contributed by atoms with Crippen molar-refractivity contribution in [1.29, 1.82) is 0 Å². The number of unbranched alkanes of at least 4 members (excludes halogenated alkanes) is 1. The summed E-state index contributed by atoms with van der Waals surface area (Å²) in [4.78, 5) is 10.9. The van der Waals surface area contributed by atoms with Crippen LogP contribution in [0.25, 0.3) is 5.69 Å². The number of carbonyl (C=O) groups is 1. The van der Waals surface area contributed by atoms with E-state index < -0.39 is 0 Å². The van der Waals surface area contributed by atoms with E-state index in [0.717, 1.165) is 36.9 Å². The number of phenols is 1. The number of rotatable bonds is 5. The Morgan fingerprint density at radius 3 is 2.67 bits per heavy atom. The molecule has 18 heavy (non-hydrogen) atoms. The molecule has 5 heteroatoms. The van der Waals surface area contributed by atoms with Gasteiger partial charge in [-0.3, -0.25) is 4.79 Å². The van der Waals surface area contributed by atoms with Gasteiger partial charge in [0.05, 0.1) is 11.4 Å². The second-order valence-corrected chi connectivity index (χ2v) is 4.07. The molecule has 0 saturated carbocycles. The van der Waals surface area contributed by atoms with Gasteiger partial charge in [-0.15, -0.1) is 5.10 Å². The van der Waals surface area contributed by atoms with Gasteiger partial charge in [-0.2, -0.15) is 0 Å². The number of aldehydes is 1. The topological polar surface area (TPSA) is 68.0 Å². The number of nitrogens with zero attached hydrogens (tertiary/aromatic N) is 3. The Morgan fingerprint density at radius 1 is 1.33 bits per heavy atom. The fraction of sp³-hybridized carbons (Fsp3) is 0.308. The monoisotopic (exact) mass is 245 g/mol. The SMILES string of the molecule is CCCCc1c(C=O)nnn1-c1ccc(O)cc1. The van der Waals surface area contributed by atoms with E-state index in [-0.39, 0.29) is 5.75 Å². The smallest absolute Gasteiger partial charge is 0.172 e. The molecule has 0 radical (unpaired) electrons. The van der Waals surface area contributed by atoms with E-state index >= 15 is 0 Å². The van der Waals surface area contributed by atoms with Crippen molar-refractivity contribution in [2.45, 2.75) is 26.2 Å². The standard InChI is InChI=1S/C13H15N3O2/c1-2-3-4-13-12(9-17)14-15-16(13)10-5-7-11(18)8-6-10/h5-9,18H,2-4H2,1H3. The van der Waals surface area contributed by atoms with Gasteiger partial charge in [0.1, 0.15) is 11.4 Å². The molecule has 0 aliphatic carbocycles. The van der Waals surface area contributed by atoms with Crippen LogP contribution in [0, 0.1) is 0 Å². The first kappa shape index (κ1) is 12.3. The van der Waals surface area contributed by atoms with Crippen LogP contribution in [0.3, 0.4) is 0 Å². The van der Waals surface area contributed by atoms with Crippen molar-refractivity contribution in [3.63, 3.8) is 0 Å². The van der Waals surface area contributed by atoms with Crippen molar-refractivity contribution in [3.05, 3.63) is 35.7 Å². The van der Waals surface area contributed by atoms with Gasteiger partial charge in [0.15, 0.2) is 6.29 Å². The lowest BCUT2D eigenvalue weighted by Crippen LogP contribution is -2.03. The Balaban J connectivity index is 2.40. The molecule has 0 unspecified atom stereocenters. The maximum absolute atomic E-state index is 10.9. The van der Waals surface area contributed by atoms with Crippen molar-refractivity contribution in [2.24, 2.45) is 0 Å². The van der Waals surface area contributed by atoms with Crippen molar-refractivity contribution in [2.75, 3.05) is 0 Å². The summed E-state index contributed by atoms with van der Waals surface area (Å²) in [5.41, 5.74) is 1.99. The number of carbonyl (C=O) groups excluding carboxylic acids is 1. The van der Waals surface area contributed by atoms with Crippen LogP contribution in [0.4, 0.5) is 0 Å². The van der Waals surface area contributed by atoms with Crippen molar-refractivity contribution in [3.8, 4) is 11.4 Å². The molecule has 1 aromatic heterocycles. The Kier molecular flexibility index (Phi) is 3.72. The number of benzene rings is 1. The first-order valence-corrected chi connectivity index (χ1v) is 5.95. The normalized spacial score (nSPS) is 10.5. The van der Waals surface area contributed by atoms with E-state index in [1.54, 1.807) is 28.9 Å². The molecule has 1 N–H and O–H groups in total. The number of hydrogen-bond donors (Lipinski definition) is 1. The molecule has 0 saturated heterocycles. The zero-order chi connectivity index (χ0) is 13.0.